The first-order valence-corrected chi connectivity index (χ1v) is 8.63. The molecule has 126 valence electrons. The summed E-state index contributed by atoms with van der Waals surface area (Å²) < 4.78 is 39.6. The first-order valence-electron chi connectivity index (χ1n) is 7.15. The van der Waals surface area contributed by atoms with Gasteiger partial charge in [0.1, 0.15) is 16.4 Å². The average Bonchev–Trinajstić information content (AvgIpc) is 3.05. The van der Waals surface area contributed by atoms with Gasteiger partial charge in [-0.2, -0.15) is 5.10 Å². The van der Waals surface area contributed by atoms with Gasteiger partial charge in [-0.1, -0.05) is 6.92 Å². The Morgan fingerprint density at radius 1 is 1.30 bits per heavy atom. The standard InChI is InChI=1S/C15H21N3O4S/c1-12(11-18-8-4-7-16-18)10-17-23(19,20)15-9-13(21-2)5-6-14(15)22-3/h4-9,12,17H,10-11H2,1-3H3/t12-/m1/s1. The fourth-order valence-corrected chi connectivity index (χ4v) is 3.46. The van der Waals surface area contributed by atoms with E-state index in [0.717, 1.165) is 0 Å². The molecular formula is C15H21N3O4S. The lowest BCUT2D eigenvalue weighted by molar-refractivity contribution is 0.391. The number of hydrogen-bond donors (Lipinski definition) is 1. The number of rotatable bonds is 8. The molecule has 0 aliphatic rings. The highest BCUT2D eigenvalue weighted by Gasteiger charge is 2.21. The second-order valence-corrected chi connectivity index (χ2v) is 6.94. The minimum absolute atomic E-state index is 0.0608. The van der Waals surface area contributed by atoms with Crippen LogP contribution in [0.4, 0.5) is 0 Å². The normalized spacial score (nSPS) is 12.8. The average molecular weight is 339 g/mol. The predicted molar refractivity (Wildman–Crippen MR) is 86.1 cm³/mol. The zero-order valence-corrected chi connectivity index (χ0v) is 14.2. The Kier molecular flexibility index (Phi) is 5.62. The smallest absolute Gasteiger partial charge is 0.244 e. The lowest BCUT2D eigenvalue weighted by Gasteiger charge is -2.15. The van der Waals surface area contributed by atoms with E-state index in [2.05, 4.69) is 9.82 Å². The Bertz CT molecular complexity index is 729. The summed E-state index contributed by atoms with van der Waals surface area (Å²) in [5.41, 5.74) is 0. The SMILES string of the molecule is COc1ccc(OC)c(S(=O)(=O)NC[C@@H](C)Cn2cccn2)c1. The highest BCUT2D eigenvalue weighted by molar-refractivity contribution is 7.89. The van der Waals surface area contributed by atoms with Crippen molar-refractivity contribution in [2.24, 2.45) is 5.92 Å². The van der Waals surface area contributed by atoms with Crippen molar-refractivity contribution in [2.45, 2.75) is 18.4 Å². The number of benzene rings is 1. The van der Waals surface area contributed by atoms with Crippen molar-refractivity contribution in [3.05, 3.63) is 36.7 Å². The van der Waals surface area contributed by atoms with Gasteiger partial charge in [-0.3, -0.25) is 4.68 Å². The Labute approximate surface area is 136 Å². The molecule has 0 saturated heterocycles. The van der Waals surface area contributed by atoms with Gasteiger partial charge >= 0.3 is 0 Å². The Morgan fingerprint density at radius 3 is 2.70 bits per heavy atom. The summed E-state index contributed by atoms with van der Waals surface area (Å²) in [6.45, 7) is 2.88. The third-order valence-corrected chi connectivity index (χ3v) is 4.78. The number of nitrogens with one attached hydrogen (secondary N) is 1. The van der Waals surface area contributed by atoms with Gasteiger partial charge in [-0.25, -0.2) is 13.1 Å². The summed E-state index contributed by atoms with van der Waals surface area (Å²) in [6.07, 6.45) is 3.54. The second kappa shape index (κ2) is 7.47. The molecule has 2 aromatic rings. The molecule has 2 rings (SSSR count). The van der Waals surface area contributed by atoms with E-state index in [0.29, 0.717) is 18.8 Å². The van der Waals surface area contributed by atoms with Crippen molar-refractivity contribution in [3.8, 4) is 11.5 Å². The molecule has 0 amide bonds. The number of sulfonamides is 1. The zero-order chi connectivity index (χ0) is 16.9. The number of methoxy groups -OCH3 is 2. The molecule has 1 atom stereocenters. The van der Waals surface area contributed by atoms with Gasteiger partial charge in [0.15, 0.2) is 0 Å². The third kappa shape index (κ3) is 4.46. The van der Waals surface area contributed by atoms with Gasteiger partial charge in [-0.05, 0) is 24.1 Å². The van der Waals surface area contributed by atoms with Crippen molar-refractivity contribution < 1.29 is 17.9 Å². The van der Waals surface area contributed by atoms with Crippen LogP contribution in [-0.4, -0.2) is 39.0 Å². The summed E-state index contributed by atoms with van der Waals surface area (Å²) in [5, 5.41) is 4.11. The van der Waals surface area contributed by atoms with Crippen molar-refractivity contribution in [2.75, 3.05) is 20.8 Å². The fourth-order valence-electron chi connectivity index (χ4n) is 2.12. The van der Waals surface area contributed by atoms with Crippen LogP contribution in [-0.2, 0) is 16.6 Å². The minimum atomic E-state index is -3.69. The van der Waals surface area contributed by atoms with Crippen LogP contribution in [0.25, 0.3) is 0 Å². The number of hydrogen-bond acceptors (Lipinski definition) is 5. The molecule has 0 aliphatic heterocycles. The topological polar surface area (TPSA) is 82.5 Å². The monoisotopic (exact) mass is 339 g/mol. The van der Waals surface area contributed by atoms with E-state index in [9.17, 15) is 8.42 Å². The summed E-state index contributed by atoms with van der Waals surface area (Å²) >= 11 is 0. The molecule has 1 aromatic carbocycles. The van der Waals surface area contributed by atoms with Crippen LogP contribution in [0.5, 0.6) is 11.5 Å². The molecule has 1 aromatic heterocycles. The maximum atomic E-state index is 12.5. The van der Waals surface area contributed by atoms with E-state index in [4.69, 9.17) is 9.47 Å². The van der Waals surface area contributed by atoms with Crippen LogP contribution < -0.4 is 14.2 Å². The van der Waals surface area contributed by atoms with Crippen molar-refractivity contribution in [1.82, 2.24) is 14.5 Å². The van der Waals surface area contributed by atoms with E-state index in [1.165, 1.54) is 20.3 Å². The molecule has 1 N–H and O–H groups in total. The van der Waals surface area contributed by atoms with Crippen LogP contribution >= 0.6 is 0 Å². The van der Waals surface area contributed by atoms with Crippen molar-refractivity contribution >= 4 is 10.0 Å². The highest BCUT2D eigenvalue weighted by Crippen LogP contribution is 2.28. The minimum Gasteiger partial charge on any atom is -0.497 e. The molecule has 0 fully saturated rings. The zero-order valence-electron chi connectivity index (χ0n) is 13.4. The van der Waals surface area contributed by atoms with Crippen LogP contribution in [0, 0.1) is 5.92 Å². The molecule has 23 heavy (non-hydrogen) atoms. The van der Waals surface area contributed by atoms with E-state index in [1.807, 2.05) is 19.2 Å². The molecule has 1 heterocycles. The summed E-state index contributed by atoms with van der Waals surface area (Å²) in [5.74, 6) is 0.815. The molecule has 7 nitrogen and oxygen atoms in total. The molecule has 8 heteroatoms. The number of ether oxygens (including phenoxy) is 2. The third-order valence-electron chi connectivity index (χ3n) is 3.34. The van der Waals surface area contributed by atoms with Gasteiger partial charge in [0.05, 0.1) is 14.2 Å². The van der Waals surface area contributed by atoms with E-state index >= 15 is 0 Å². The molecule has 0 aliphatic carbocycles. The van der Waals surface area contributed by atoms with Crippen LogP contribution in [0.15, 0.2) is 41.6 Å². The Morgan fingerprint density at radius 2 is 2.09 bits per heavy atom. The van der Waals surface area contributed by atoms with Crippen LogP contribution in [0.2, 0.25) is 0 Å². The van der Waals surface area contributed by atoms with Gasteiger partial charge in [0, 0.05) is 31.5 Å². The first kappa shape index (κ1) is 17.3. The largest absolute Gasteiger partial charge is 0.497 e. The van der Waals surface area contributed by atoms with Crippen LogP contribution in [0.3, 0.4) is 0 Å². The first-order chi connectivity index (χ1) is 11.0. The number of aromatic nitrogens is 2. The molecule has 0 unspecified atom stereocenters. The maximum absolute atomic E-state index is 12.5. The van der Waals surface area contributed by atoms with Crippen molar-refractivity contribution in [1.29, 1.82) is 0 Å². The maximum Gasteiger partial charge on any atom is 0.244 e. The molecular weight excluding hydrogens is 318 g/mol. The van der Waals surface area contributed by atoms with E-state index < -0.39 is 10.0 Å². The van der Waals surface area contributed by atoms with Gasteiger partial charge < -0.3 is 9.47 Å². The molecule has 0 saturated carbocycles. The second-order valence-electron chi connectivity index (χ2n) is 5.20. The highest BCUT2D eigenvalue weighted by atomic mass is 32.2. The summed E-state index contributed by atoms with van der Waals surface area (Å²) in [4.78, 5) is 0.0608. The lowest BCUT2D eigenvalue weighted by Crippen LogP contribution is -2.30. The predicted octanol–water partition coefficient (Wildman–Crippen LogP) is 1.51. The quantitative estimate of drug-likeness (QED) is 0.788. The van der Waals surface area contributed by atoms with Gasteiger partial charge in [-0.15, -0.1) is 0 Å². The number of nitrogens with zero attached hydrogens (tertiary/aromatic N) is 2. The van der Waals surface area contributed by atoms with E-state index in [1.54, 1.807) is 23.0 Å². The Balaban J connectivity index is 2.09. The van der Waals surface area contributed by atoms with Gasteiger partial charge in [0.25, 0.3) is 0 Å². The Hall–Kier alpha value is -2.06. The fraction of sp³-hybridized carbons (Fsp3) is 0.400. The molecule has 0 radical (unpaired) electrons. The molecule has 0 spiro atoms. The summed E-state index contributed by atoms with van der Waals surface area (Å²) in [7, 11) is -0.779. The molecule has 0 bridgehead atoms. The van der Waals surface area contributed by atoms with Crippen LogP contribution in [0.1, 0.15) is 6.92 Å². The van der Waals surface area contributed by atoms with Crippen molar-refractivity contribution in [3.63, 3.8) is 0 Å². The van der Waals surface area contributed by atoms with E-state index in [-0.39, 0.29) is 16.6 Å². The summed E-state index contributed by atoms with van der Waals surface area (Å²) in [6, 6.07) is 6.50. The lowest BCUT2D eigenvalue weighted by atomic mass is 10.2. The van der Waals surface area contributed by atoms with Gasteiger partial charge in [0.2, 0.25) is 10.0 Å².